The Morgan fingerprint density at radius 1 is 0.875 bits per heavy atom. The minimum Gasteiger partial charge on any atom is -0.480 e. The summed E-state index contributed by atoms with van der Waals surface area (Å²) in [7, 11) is 0. The fraction of sp³-hybridized carbons (Fsp3) is 0.375. The quantitative estimate of drug-likeness (QED) is 0.123. The van der Waals surface area contributed by atoms with Gasteiger partial charge in [0.15, 0.2) is 5.57 Å². The number of rotatable bonds is 6. The summed E-state index contributed by atoms with van der Waals surface area (Å²) in [5.41, 5.74) is 1.90. The normalized spacial score (nSPS) is 13.5. The van der Waals surface area contributed by atoms with Crippen molar-refractivity contribution in [3.05, 3.63) is 88.9 Å². The van der Waals surface area contributed by atoms with Crippen LogP contribution in [0.4, 0.5) is 8.78 Å². The lowest BCUT2D eigenvalue weighted by Crippen LogP contribution is -2.53. The van der Waals surface area contributed by atoms with Gasteiger partial charge in [0.25, 0.3) is 11.8 Å². The predicted octanol–water partition coefficient (Wildman–Crippen LogP) is 6.87. The van der Waals surface area contributed by atoms with Crippen molar-refractivity contribution in [3.63, 3.8) is 0 Å². The molecule has 212 valence electrons. The zero-order valence-electron chi connectivity index (χ0n) is 24.4. The molecular weight excluding hydrogens is 514 g/mol. The largest absolute Gasteiger partial charge is 0.480 e. The lowest BCUT2D eigenvalue weighted by atomic mass is 9.90. The van der Waals surface area contributed by atoms with Crippen LogP contribution in [0.3, 0.4) is 0 Å². The maximum atomic E-state index is 14.6. The molecule has 1 N–H and O–H groups in total. The molecule has 0 bridgehead atoms. The van der Waals surface area contributed by atoms with Crippen LogP contribution in [0.5, 0.6) is 0 Å². The maximum absolute atomic E-state index is 14.6. The predicted molar refractivity (Wildman–Crippen MR) is 150 cm³/mol. The SMILES string of the molecule is CCOC(=O)/C(C(=C1c2ccc(F)cc2-c2cc(F)ccc21)c1n(C(C)(C)C)cc[n+]1C(C)(C)C)=C(\O)OCC. The molecule has 2 aromatic carbocycles. The van der Waals surface area contributed by atoms with Crippen LogP contribution in [-0.2, 0) is 25.3 Å². The van der Waals surface area contributed by atoms with Gasteiger partial charge in [-0.15, -0.1) is 0 Å². The van der Waals surface area contributed by atoms with Gasteiger partial charge in [-0.25, -0.2) is 22.7 Å². The molecule has 0 saturated carbocycles. The van der Waals surface area contributed by atoms with Gasteiger partial charge >= 0.3 is 5.97 Å². The van der Waals surface area contributed by atoms with E-state index in [-0.39, 0.29) is 18.8 Å². The topological polar surface area (TPSA) is 64.6 Å². The van der Waals surface area contributed by atoms with Crippen LogP contribution in [0.15, 0.2) is 60.3 Å². The third-order valence-corrected chi connectivity index (χ3v) is 6.76. The first kappa shape index (κ1) is 29.1. The highest BCUT2D eigenvalue weighted by Gasteiger charge is 2.43. The highest BCUT2D eigenvalue weighted by molar-refractivity contribution is 6.19. The second-order valence-electron chi connectivity index (χ2n) is 11.7. The van der Waals surface area contributed by atoms with E-state index in [1.165, 1.54) is 24.3 Å². The number of nitrogens with zero attached hydrogens (tertiary/aromatic N) is 2. The third kappa shape index (κ3) is 5.15. The molecule has 1 aromatic heterocycles. The number of halogens is 2. The summed E-state index contributed by atoms with van der Waals surface area (Å²) < 4.78 is 44.1. The molecule has 0 fully saturated rings. The van der Waals surface area contributed by atoms with Crippen molar-refractivity contribution < 1.29 is 32.7 Å². The molecule has 40 heavy (non-hydrogen) atoms. The number of aliphatic hydroxyl groups excluding tert-OH is 1. The van der Waals surface area contributed by atoms with Crippen molar-refractivity contribution in [2.24, 2.45) is 0 Å². The first-order valence-corrected chi connectivity index (χ1v) is 13.4. The zero-order valence-corrected chi connectivity index (χ0v) is 24.4. The maximum Gasteiger partial charge on any atom is 0.346 e. The molecule has 8 heteroatoms. The first-order valence-electron chi connectivity index (χ1n) is 13.4. The second-order valence-corrected chi connectivity index (χ2v) is 11.7. The van der Waals surface area contributed by atoms with E-state index in [1.807, 2.05) is 63.1 Å². The van der Waals surface area contributed by atoms with E-state index in [2.05, 4.69) is 0 Å². The third-order valence-electron chi connectivity index (χ3n) is 6.76. The fourth-order valence-electron chi connectivity index (χ4n) is 5.10. The summed E-state index contributed by atoms with van der Waals surface area (Å²) in [5, 5.41) is 11.3. The number of imidazole rings is 1. The van der Waals surface area contributed by atoms with Crippen LogP contribution in [0.25, 0.3) is 22.3 Å². The molecule has 0 saturated heterocycles. The van der Waals surface area contributed by atoms with E-state index >= 15 is 0 Å². The molecule has 0 unspecified atom stereocenters. The summed E-state index contributed by atoms with van der Waals surface area (Å²) >= 11 is 0. The van der Waals surface area contributed by atoms with E-state index in [1.54, 1.807) is 26.0 Å². The Kier molecular flexibility index (Phi) is 7.67. The van der Waals surface area contributed by atoms with Crippen molar-refractivity contribution >= 4 is 17.1 Å². The molecule has 0 radical (unpaired) electrons. The monoisotopic (exact) mass is 551 g/mol. The fourth-order valence-corrected chi connectivity index (χ4v) is 5.10. The molecule has 0 spiro atoms. The number of fused-ring (bicyclic) bond motifs is 3. The van der Waals surface area contributed by atoms with Gasteiger partial charge in [-0.2, -0.15) is 0 Å². The van der Waals surface area contributed by atoms with Crippen LogP contribution < -0.4 is 4.57 Å². The molecule has 1 aliphatic rings. The van der Waals surface area contributed by atoms with Crippen molar-refractivity contribution in [2.45, 2.75) is 66.5 Å². The number of hydrogen-bond donors (Lipinski definition) is 1. The van der Waals surface area contributed by atoms with Crippen molar-refractivity contribution in [1.29, 1.82) is 0 Å². The van der Waals surface area contributed by atoms with Crippen LogP contribution in [-0.4, -0.2) is 28.9 Å². The number of ether oxygens (including phenoxy) is 2. The Balaban J connectivity index is 2.33. The summed E-state index contributed by atoms with van der Waals surface area (Å²) in [6, 6.07) is 8.60. The van der Waals surface area contributed by atoms with Crippen molar-refractivity contribution in [3.8, 4) is 11.1 Å². The Hall–Kier alpha value is -3.94. The van der Waals surface area contributed by atoms with Gasteiger partial charge in [-0.1, -0.05) is 12.1 Å². The lowest BCUT2D eigenvalue weighted by molar-refractivity contribution is -0.755. The van der Waals surface area contributed by atoms with Crippen LogP contribution in [0, 0.1) is 11.6 Å². The molecule has 1 heterocycles. The van der Waals surface area contributed by atoms with E-state index < -0.39 is 34.6 Å². The standard InChI is InChI=1S/C32H36F2N2O4/c1-9-39-29(37)27(30(38)40-10-2)26(28-35(31(3,4)5)15-16-36(28)32(6,7)8)25-21-13-11-19(33)17-23(21)24-18-20(34)12-14-22(24)25/h11-18H,9-10H2,1-8H3/p+1. The van der Waals surface area contributed by atoms with Crippen molar-refractivity contribution in [1.82, 2.24) is 4.57 Å². The minimum atomic E-state index is -0.780. The van der Waals surface area contributed by atoms with Gasteiger partial charge in [0.05, 0.1) is 18.8 Å². The molecular formula is C32H37F2N2O4+. The number of hydrogen-bond acceptors (Lipinski definition) is 4. The van der Waals surface area contributed by atoms with E-state index in [0.717, 1.165) is 0 Å². The molecule has 0 aliphatic heterocycles. The lowest BCUT2D eigenvalue weighted by Gasteiger charge is -2.25. The Bertz CT molecular complexity index is 1450. The number of aliphatic hydroxyl groups is 1. The average Bonchev–Trinajstić information content (AvgIpc) is 3.43. The Morgan fingerprint density at radius 3 is 1.85 bits per heavy atom. The van der Waals surface area contributed by atoms with Gasteiger partial charge in [-0.05, 0) is 102 Å². The number of carbonyl (C=O) groups excluding carboxylic acids is 1. The molecule has 3 aromatic rings. The number of aromatic nitrogens is 2. The minimum absolute atomic E-state index is 0.0630. The van der Waals surface area contributed by atoms with E-state index in [0.29, 0.717) is 39.2 Å². The van der Waals surface area contributed by atoms with Gasteiger partial charge < -0.3 is 14.6 Å². The van der Waals surface area contributed by atoms with Crippen LogP contribution in [0.1, 0.15) is 72.3 Å². The summed E-state index contributed by atoms with van der Waals surface area (Å²) in [6.07, 6.45) is 3.85. The number of benzene rings is 2. The van der Waals surface area contributed by atoms with E-state index in [4.69, 9.17) is 9.47 Å². The van der Waals surface area contributed by atoms with Gasteiger partial charge in [-0.3, -0.25) is 0 Å². The Labute approximate surface area is 234 Å². The first-order chi connectivity index (χ1) is 18.7. The van der Waals surface area contributed by atoms with Crippen molar-refractivity contribution in [2.75, 3.05) is 13.2 Å². The second kappa shape index (κ2) is 10.6. The zero-order chi connectivity index (χ0) is 29.6. The molecule has 1 aliphatic carbocycles. The molecule has 0 atom stereocenters. The van der Waals surface area contributed by atoms with Gasteiger partial charge in [0, 0.05) is 5.57 Å². The number of esters is 1. The highest BCUT2D eigenvalue weighted by atomic mass is 19.1. The smallest absolute Gasteiger partial charge is 0.346 e. The average molecular weight is 552 g/mol. The van der Waals surface area contributed by atoms with Crippen LogP contribution in [0.2, 0.25) is 0 Å². The van der Waals surface area contributed by atoms with E-state index in [9.17, 15) is 18.7 Å². The summed E-state index contributed by atoms with van der Waals surface area (Å²) in [4.78, 5) is 13.7. The van der Waals surface area contributed by atoms with Crippen LogP contribution >= 0.6 is 0 Å². The molecule has 6 nitrogen and oxygen atoms in total. The Morgan fingerprint density at radius 2 is 1.40 bits per heavy atom. The van der Waals surface area contributed by atoms with Gasteiger partial charge in [0.2, 0.25) is 0 Å². The highest BCUT2D eigenvalue weighted by Crippen LogP contribution is 2.50. The summed E-state index contributed by atoms with van der Waals surface area (Å²) in [5.74, 6) is -1.73. The molecule has 4 rings (SSSR count). The molecule has 0 amide bonds. The van der Waals surface area contributed by atoms with Gasteiger partial charge in [0.1, 0.15) is 35.1 Å². The summed E-state index contributed by atoms with van der Waals surface area (Å²) in [6.45, 7) is 15.7. The number of carbonyl (C=O) groups is 1.